The van der Waals surface area contributed by atoms with Crippen LogP contribution in [0.5, 0.6) is 0 Å². The predicted octanol–water partition coefficient (Wildman–Crippen LogP) is -0.406. The van der Waals surface area contributed by atoms with Gasteiger partial charge in [0.2, 0.25) is 0 Å². The SMILES string of the molecule is CCOC(=O)C(=Cc1cn(C)c(=O)n(C)c1=O)C(=O)OCC. The maximum atomic E-state index is 12.0. The van der Waals surface area contributed by atoms with Gasteiger partial charge >= 0.3 is 17.6 Å². The molecule has 1 rings (SSSR count). The Labute approximate surface area is 126 Å². The van der Waals surface area contributed by atoms with Crippen LogP contribution in [0.25, 0.3) is 6.08 Å². The van der Waals surface area contributed by atoms with Crippen molar-refractivity contribution in [2.75, 3.05) is 13.2 Å². The van der Waals surface area contributed by atoms with Crippen LogP contribution in [0.1, 0.15) is 19.4 Å². The molecule has 1 aromatic heterocycles. The topological polar surface area (TPSA) is 96.6 Å². The lowest BCUT2D eigenvalue weighted by atomic mass is 10.2. The highest BCUT2D eigenvalue weighted by Crippen LogP contribution is 2.07. The van der Waals surface area contributed by atoms with Crippen LogP contribution >= 0.6 is 0 Å². The smallest absolute Gasteiger partial charge is 0.345 e. The minimum atomic E-state index is -0.892. The van der Waals surface area contributed by atoms with Crippen LogP contribution in [0.15, 0.2) is 21.4 Å². The van der Waals surface area contributed by atoms with Crippen LogP contribution in [0.4, 0.5) is 0 Å². The molecule has 120 valence electrons. The molecule has 0 atom stereocenters. The third kappa shape index (κ3) is 3.72. The summed E-state index contributed by atoms with van der Waals surface area (Å²) in [5, 5.41) is 0. The molecule has 0 aliphatic carbocycles. The van der Waals surface area contributed by atoms with E-state index in [4.69, 9.17) is 9.47 Å². The number of aryl methyl sites for hydroxylation is 1. The zero-order chi connectivity index (χ0) is 16.9. The summed E-state index contributed by atoms with van der Waals surface area (Å²) in [7, 11) is 2.75. The van der Waals surface area contributed by atoms with E-state index in [9.17, 15) is 19.2 Å². The van der Waals surface area contributed by atoms with Crippen LogP contribution in [0.3, 0.4) is 0 Å². The minimum Gasteiger partial charge on any atom is -0.462 e. The van der Waals surface area contributed by atoms with Gasteiger partial charge in [-0.05, 0) is 19.9 Å². The van der Waals surface area contributed by atoms with Crippen molar-refractivity contribution in [2.45, 2.75) is 13.8 Å². The number of carbonyl (C=O) groups is 2. The standard InChI is InChI=1S/C14H18N2O6/c1-5-21-12(18)10(13(19)22-6-2)7-9-8-15(3)14(20)16(4)11(9)17/h7-8H,5-6H2,1-4H3. The molecule has 0 radical (unpaired) electrons. The number of rotatable bonds is 5. The van der Waals surface area contributed by atoms with E-state index in [0.717, 1.165) is 10.6 Å². The third-order valence-corrected chi connectivity index (χ3v) is 2.76. The van der Waals surface area contributed by atoms with Crippen LogP contribution in [0, 0.1) is 0 Å². The quantitative estimate of drug-likeness (QED) is 0.317. The molecule has 0 saturated carbocycles. The van der Waals surface area contributed by atoms with E-state index in [1.165, 1.54) is 24.9 Å². The first kappa shape index (κ1) is 17.4. The first-order chi connectivity index (χ1) is 10.3. The molecule has 1 aromatic rings. The summed E-state index contributed by atoms with van der Waals surface area (Å²) < 4.78 is 11.6. The summed E-state index contributed by atoms with van der Waals surface area (Å²) in [5.74, 6) is -1.78. The molecule has 22 heavy (non-hydrogen) atoms. The third-order valence-electron chi connectivity index (χ3n) is 2.76. The fourth-order valence-corrected chi connectivity index (χ4v) is 1.71. The summed E-state index contributed by atoms with van der Waals surface area (Å²) in [6.07, 6.45) is 2.31. The molecule has 0 amide bonds. The number of hydrogen-bond acceptors (Lipinski definition) is 6. The highest BCUT2D eigenvalue weighted by atomic mass is 16.6. The van der Waals surface area contributed by atoms with Crippen molar-refractivity contribution in [3.8, 4) is 0 Å². The van der Waals surface area contributed by atoms with Crippen LogP contribution < -0.4 is 11.2 Å². The van der Waals surface area contributed by atoms with Crippen molar-refractivity contribution >= 4 is 18.0 Å². The summed E-state index contributed by atoms with van der Waals surface area (Å²) in [6, 6.07) is 0. The van der Waals surface area contributed by atoms with E-state index >= 15 is 0 Å². The Balaban J connectivity index is 3.46. The van der Waals surface area contributed by atoms with E-state index < -0.39 is 28.8 Å². The lowest BCUT2D eigenvalue weighted by molar-refractivity contribution is -0.146. The molecule has 8 heteroatoms. The Bertz CT molecular complexity index is 706. The van der Waals surface area contributed by atoms with Gasteiger partial charge in [-0.1, -0.05) is 0 Å². The Morgan fingerprint density at radius 2 is 1.59 bits per heavy atom. The van der Waals surface area contributed by atoms with Crippen molar-refractivity contribution in [3.63, 3.8) is 0 Å². The van der Waals surface area contributed by atoms with Crippen molar-refractivity contribution in [1.82, 2.24) is 9.13 Å². The van der Waals surface area contributed by atoms with Gasteiger partial charge < -0.3 is 14.0 Å². The number of esters is 2. The first-order valence-corrected chi connectivity index (χ1v) is 6.66. The van der Waals surface area contributed by atoms with E-state index in [0.29, 0.717) is 0 Å². The van der Waals surface area contributed by atoms with Gasteiger partial charge in [0.15, 0.2) is 0 Å². The highest BCUT2D eigenvalue weighted by Gasteiger charge is 2.22. The molecular formula is C14H18N2O6. The predicted molar refractivity (Wildman–Crippen MR) is 78.2 cm³/mol. The zero-order valence-corrected chi connectivity index (χ0v) is 12.9. The summed E-state index contributed by atoms with van der Waals surface area (Å²) in [5.41, 5.74) is -1.55. The average Bonchev–Trinajstić information content (AvgIpc) is 2.47. The molecule has 1 heterocycles. The van der Waals surface area contributed by atoms with Crippen LogP contribution in [0.2, 0.25) is 0 Å². The molecule has 0 fully saturated rings. The van der Waals surface area contributed by atoms with Crippen molar-refractivity contribution in [3.05, 3.63) is 38.2 Å². The van der Waals surface area contributed by atoms with E-state index in [1.807, 2.05) is 0 Å². The Morgan fingerprint density at radius 1 is 1.09 bits per heavy atom. The van der Waals surface area contributed by atoms with Gasteiger partial charge in [0.05, 0.1) is 18.8 Å². The second-order valence-corrected chi connectivity index (χ2v) is 4.34. The number of carbonyl (C=O) groups excluding carboxylic acids is 2. The zero-order valence-electron chi connectivity index (χ0n) is 12.9. The fraction of sp³-hybridized carbons (Fsp3) is 0.429. The van der Waals surface area contributed by atoms with E-state index in [2.05, 4.69) is 0 Å². The molecule has 0 spiro atoms. The Hall–Kier alpha value is -2.64. The number of aromatic nitrogens is 2. The van der Waals surface area contributed by atoms with Crippen molar-refractivity contribution < 1.29 is 19.1 Å². The van der Waals surface area contributed by atoms with E-state index in [-0.39, 0.29) is 18.8 Å². The largest absolute Gasteiger partial charge is 0.462 e. The molecule has 8 nitrogen and oxygen atoms in total. The van der Waals surface area contributed by atoms with Gasteiger partial charge in [0.1, 0.15) is 5.57 Å². The van der Waals surface area contributed by atoms with E-state index in [1.54, 1.807) is 13.8 Å². The fourth-order valence-electron chi connectivity index (χ4n) is 1.71. The Morgan fingerprint density at radius 3 is 2.05 bits per heavy atom. The maximum Gasteiger partial charge on any atom is 0.345 e. The monoisotopic (exact) mass is 310 g/mol. The highest BCUT2D eigenvalue weighted by molar-refractivity contribution is 6.17. The normalized spacial score (nSPS) is 10.0. The Kier molecular flexibility index (Phi) is 5.85. The van der Waals surface area contributed by atoms with Crippen LogP contribution in [-0.2, 0) is 33.2 Å². The van der Waals surface area contributed by atoms with Gasteiger partial charge in [-0.25, -0.2) is 14.4 Å². The molecule has 0 aliphatic heterocycles. The lowest BCUT2D eigenvalue weighted by Crippen LogP contribution is -2.37. The van der Waals surface area contributed by atoms with Gasteiger partial charge in [0, 0.05) is 20.3 Å². The van der Waals surface area contributed by atoms with Gasteiger partial charge in [-0.2, -0.15) is 0 Å². The maximum absolute atomic E-state index is 12.0. The second-order valence-electron chi connectivity index (χ2n) is 4.34. The molecule has 0 saturated heterocycles. The molecule has 0 aromatic carbocycles. The molecule has 0 N–H and O–H groups in total. The van der Waals surface area contributed by atoms with Gasteiger partial charge in [0.25, 0.3) is 5.56 Å². The second kappa shape index (κ2) is 7.39. The lowest BCUT2D eigenvalue weighted by Gasteiger charge is -2.08. The summed E-state index contributed by atoms with van der Waals surface area (Å²) in [4.78, 5) is 47.3. The number of nitrogens with zero attached hydrogens (tertiary/aromatic N) is 2. The minimum absolute atomic E-state index is 0.000654. The van der Waals surface area contributed by atoms with Gasteiger partial charge in [-0.15, -0.1) is 0 Å². The molecule has 0 unspecified atom stereocenters. The molecule has 0 bridgehead atoms. The van der Waals surface area contributed by atoms with Crippen molar-refractivity contribution in [1.29, 1.82) is 0 Å². The van der Waals surface area contributed by atoms with Crippen molar-refractivity contribution in [2.24, 2.45) is 14.1 Å². The molecular weight excluding hydrogens is 292 g/mol. The molecule has 0 aliphatic rings. The number of hydrogen-bond donors (Lipinski definition) is 0. The number of ether oxygens (including phenoxy) is 2. The summed E-state index contributed by atoms with van der Waals surface area (Å²) >= 11 is 0. The summed E-state index contributed by atoms with van der Waals surface area (Å²) in [6.45, 7) is 3.32. The van der Waals surface area contributed by atoms with Gasteiger partial charge in [-0.3, -0.25) is 9.36 Å². The average molecular weight is 310 g/mol. The van der Waals surface area contributed by atoms with Crippen LogP contribution in [-0.4, -0.2) is 34.3 Å². The first-order valence-electron chi connectivity index (χ1n) is 6.66.